The molecule has 0 aliphatic carbocycles. The van der Waals surface area contributed by atoms with Gasteiger partial charge in [-0.3, -0.25) is 13.9 Å². The van der Waals surface area contributed by atoms with Crippen LogP contribution in [0.4, 0.5) is 5.69 Å². The Balaban J connectivity index is 1.98. The highest BCUT2D eigenvalue weighted by Crippen LogP contribution is 2.36. The molecule has 2 aromatic rings. The number of fused-ring (bicyclic) bond motifs is 1. The molecule has 0 saturated carbocycles. The molecule has 0 saturated heterocycles. The first-order chi connectivity index (χ1) is 18.0. The van der Waals surface area contributed by atoms with Crippen LogP contribution in [0.1, 0.15) is 39.7 Å². The summed E-state index contributed by atoms with van der Waals surface area (Å²) in [6.07, 6.45) is 0.311. The number of ether oxygens (including phenoxy) is 2. The minimum atomic E-state index is -3.87. The van der Waals surface area contributed by atoms with Crippen molar-refractivity contribution in [3.8, 4) is 11.5 Å². The third-order valence-corrected chi connectivity index (χ3v) is 8.38. The second-order valence-corrected chi connectivity index (χ2v) is 12.3. The fraction of sp³-hybridized carbons (Fsp3) is 0.462. The monoisotopic (exact) mass is 585 g/mol. The standard InChI is InChI=1S/C26H33Cl2N3O6S/c1-5-22(26(33)29-13-17(3)4)30(14-18-7-8-19(27)11-21(18)28)25(32)15-31(38(34,35)6-2)20-9-10-23-24(12-20)37-16-36-23/h7-12,17,22H,5-6,13-16H2,1-4H3,(H,29,33)/t22-/m1/s1. The lowest BCUT2D eigenvalue weighted by atomic mass is 10.1. The number of carbonyl (C=O) groups is 2. The predicted octanol–water partition coefficient (Wildman–Crippen LogP) is 4.46. The summed E-state index contributed by atoms with van der Waals surface area (Å²) in [5.41, 5.74) is 0.832. The number of nitrogens with one attached hydrogen (secondary N) is 1. The van der Waals surface area contributed by atoms with Gasteiger partial charge in [0, 0.05) is 29.2 Å². The highest BCUT2D eigenvalue weighted by atomic mass is 35.5. The van der Waals surface area contributed by atoms with Crippen LogP contribution in [0.25, 0.3) is 0 Å². The van der Waals surface area contributed by atoms with Crippen LogP contribution in [0.3, 0.4) is 0 Å². The Labute approximate surface area is 234 Å². The van der Waals surface area contributed by atoms with Crippen LogP contribution in [-0.2, 0) is 26.2 Å². The first-order valence-corrected chi connectivity index (χ1v) is 14.7. The Morgan fingerprint density at radius 3 is 2.39 bits per heavy atom. The van der Waals surface area contributed by atoms with Crippen molar-refractivity contribution >= 4 is 50.7 Å². The largest absolute Gasteiger partial charge is 0.454 e. The van der Waals surface area contributed by atoms with Gasteiger partial charge in [-0.2, -0.15) is 0 Å². The molecule has 0 unspecified atom stereocenters. The molecule has 1 atom stereocenters. The van der Waals surface area contributed by atoms with Crippen LogP contribution in [0.15, 0.2) is 36.4 Å². The number of carbonyl (C=O) groups excluding carboxylic acids is 2. The van der Waals surface area contributed by atoms with E-state index in [-0.39, 0.29) is 36.6 Å². The zero-order valence-electron chi connectivity index (χ0n) is 21.9. The lowest BCUT2D eigenvalue weighted by Crippen LogP contribution is -2.52. The van der Waals surface area contributed by atoms with Crippen molar-refractivity contribution in [2.75, 3.05) is 29.9 Å². The van der Waals surface area contributed by atoms with Crippen LogP contribution in [0.5, 0.6) is 11.5 Å². The molecular weight excluding hydrogens is 553 g/mol. The fourth-order valence-electron chi connectivity index (χ4n) is 3.94. The summed E-state index contributed by atoms with van der Waals surface area (Å²) in [4.78, 5) is 28.4. The molecule has 2 amide bonds. The average molecular weight is 587 g/mol. The number of sulfonamides is 1. The van der Waals surface area contributed by atoms with Gasteiger partial charge in [0.15, 0.2) is 11.5 Å². The van der Waals surface area contributed by atoms with Crippen LogP contribution >= 0.6 is 23.2 Å². The summed E-state index contributed by atoms with van der Waals surface area (Å²) in [6.45, 7) is 7.16. The van der Waals surface area contributed by atoms with Gasteiger partial charge in [-0.25, -0.2) is 8.42 Å². The molecule has 1 aliphatic rings. The number of halogens is 2. The molecule has 38 heavy (non-hydrogen) atoms. The van der Waals surface area contributed by atoms with E-state index < -0.39 is 28.5 Å². The molecule has 1 N–H and O–H groups in total. The van der Waals surface area contributed by atoms with Crippen molar-refractivity contribution in [3.63, 3.8) is 0 Å². The molecule has 0 spiro atoms. The Hall–Kier alpha value is -2.69. The Bertz CT molecular complexity index is 1270. The van der Waals surface area contributed by atoms with E-state index in [1.54, 1.807) is 37.3 Å². The van der Waals surface area contributed by atoms with Gasteiger partial charge in [0.1, 0.15) is 12.6 Å². The first kappa shape index (κ1) is 29.9. The zero-order chi connectivity index (χ0) is 28.0. The van der Waals surface area contributed by atoms with Crippen LogP contribution in [0, 0.1) is 5.92 Å². The number of nitrogens with zero attached hydrogens (tertiary/aromatic N) is 2. The number of rotatable bonds is 12. The molecular formula is C26H33Cl2N3O6S. The predicted molar refractivity (Wildman–Crippen MR) is 148 cm³/mol. The van der Waals surface area contributed by atoms with E-state index in [0.717, 1.165) is 4.31 Å². The summed E-state index contributed by atoms with van der Waals surface area (Å²) in [5, 5.41) is 3.65. The van der Waals surface area contributed by atoms with Crippen molar-refractivity contribution in [1.82, 2.24) is 10.2 Å². The molecule has 12 heteroatoms. The number of hydrogen-bond acceptors (Lipinski definition) is 6. The maximum absolute atomic E-state index is 13.9. The summed E-state index contributed by atoms with van der Waals surface area (Å²) >= 11 is 12.5. The lowest BCUT2D eigenvalue weighted by molar-refractivity contribution is -0.140. The SMILES string of the molecule is CC[C@H](C(=O)NCC(C)C)N(Cc1ccc(Cl)cc1Cl)C(=O)CN(c1ccc2c(c1)OCO2)S(=O)(=O)CC. The molecule has 3 rings (SSSR count). The second kappa shape index (κ2) is 12.9. The van der Waals surface area contributed by atoms with Crippen LogP contribution in [-0.4, -0.2) is 56.8 Å². The second-order valence-electron chi connectivity index (χ2n) is 9.27. The highest BCUT2D eigenvalue weighted by molar-refractivity contribution is 7.92. The Morgan fingerprint density at radius 1 is 1.05 bits per heavy atom. The van der Waals surface area contributed by atoms with Gasteiger partial charge in [0.25, 0.3) is 0 Å². The quantitative estimate of drug-likeness (QED) is 0.394. The van der Waals surface area contributed by atoms with E-state index in [0.29, 0.717) is 40.1 Å². The Morgan fingerprint density at radius 2 is 1.76 bits per heavy atom. The molecule has 1 aliphatic heterocycles. The maximum Gasteiger partial charge on any atom is 0.244 e. The molecule has 0 fully saturated rings. The van der Waals surface area contributed by atoms with Crippen LogP contribution in [0.2, 0.25) is 10.0 Å². The molecule has 1 heterocycles. The highest BCUT2D eigenvalue weighted by Gasteiger charge is 2.33. The number of amides is 2. The van der Waals surface area contributed by atoms with E-state index in [4.69, 9.17) is 32.7 Å². The number of benzene rings is 2. The molecule has 9 nitrogen and oxygen atoms in total. The fourth-order valence-corrected chi connectivity index (χ4v) is 5.46. The lowest BCUT2D eigenvalue weighted by Gasteiger charge is -2.33. The number of anilines is 1. The molecule has 0 bridgehead atoms. The Kier molecular flexibility index (Phi) is 10.1. The smallest absolute Gasteiger partial charge is 0.244 e. The molecule has 0 aromatic heterocycles. The molecule has 2 aromatic carbocycles. The van der Waals surface area contributed by atoms with E-state index in [1.807, 2.05) is 13.8 Å². The molecule has 208 valence electrons. The van der Waals surface area contributed by atoms with Gasteiger partial charge in [-0.05, 0) is 49.1 Å². The minimum Gasteiger partial charge on any atom is -0.454 e. The van der Waals surface area contributed by atoms with E-state index in [2.05, 4.69) is 5.32 Å². The topological polar surface area (TPSA) is 105 Å². The zero-order valence-corrected chi connectivity index (χ0v) is 24.2. The van der Waals surface area contributed by atoms with Gasteiger partial charge >= 0.3 is 0 Å². The van der Waals surface area contributed by atoms with E-state index >= 15 is 0 Å². The third kappa shape index (κ3) is 7.24. The van der Waals surface area contributed by atoms with Gasteiger partial charge < -0.3 is 19.7 Å². The van der Waals surface area contributed by atoms with Crippen molar-refractivity contribution in [2.45, 2.75) is 46.7 Å². The summed E-state index contributed by atoms with van der Waals surface area (Å²) in [7, 11) is -3.87. The normalized spacial score (nSPS) is 13.3. The van der Waals surface area contributed by atoms with Gasteiger partial charge in [0.05, 0.1) is 11.4 Å². The van der Waals surface area contributed by atoms with Crippen molar-refractivity contribution < 1.29 is 27.5 Å². The van der Waals surface area contributed by atoms with Crippen LogP contribution < -0.4 is 19.1 Å². The molecule has 0 radical (unpaired) electrons. The van der Waals surface area contributed by atoms with Gasteiger partial charge in [-0.1, -0.05) is 50.0 Å². The average Bonchev–Trinajstić information content (AvgIpc) is 3.34. The van der Waals surface area contributed by atoms with E-state index in [9.17, 15) is 18.0 Å². The van der Waals surface area contributed by atoms with Crippen molar-refractivity contribution in [2.24, 2.45) is 5.92 Å². The van der Waals surface area contributed by atoms with Gasteiger partial charge in [0.2, 0.25) is 28.6 Å². The third-order valence-electron chi connectivity index (χ3n) is 6.05. The maximum atomic E-state index is 13.9. The first-order valence-electron chi connectivity index (χ1n) is 12.4. The summed E-state index contributed by atoms with van der Waals surface area (Å²) < 4.78 is 38.0. The minimum absolute atomic E-state index is 0.0103. The number of hydrogen-bond donors (Lipinski definition) is 1. The van der Waals surface area contributed by atoms with E-state index in [1.165, 1.54) is 17.9 Å². The summed E-state index contributed by atoms with van der Waals surface area (Å²) in [6, 6.07) is 8.71. The summed E-state index contributed by atoms with van der Waals surface area (Å²) in [5.74, 6) is -0.0344. The van der Waals surface area contributed by atoms with Crippen molar-refractivity contribution in [1.29, 1.82) is 0 Å². The van der Waals surface area contributed by atoms with Crippen molar-refractivity contribution in [3.05, 3.63) is 52.0 Å². The van der Waals surface area contributed by atoms with Gasteiger partial charge in [-0.15, -0.1) is 0 Å².